The molecule has 0 saturated carbocycles. The maximum Gasteiger partial charge on any atom is 0.246 e. The lowest BCUT2D eigenvalue weighted by atomic mass is 10.3. The highest BCUT2D eigenvalue weighted by atomic mass is 79.9. The van der Waals surface area contributed by atoms with Crippen LogP contribution in [0.2, 0.25) is 0 Å². The summed E-state index contributed by atoms with van der Waals surface area (Å²) in [7, 11) is -2.24. The molecule has 1 atom stereocenters. The topological polar surface area (TPSA) is 81.9 Å². The van der Waals surface area contributed by atoms with Crippen molar-refractivity contribution in [2.45, 2.75) is 24.3 Å². The van der Waals surface area contributed by atoms with Gasteiger partial charge in [-0.1, -0.05) is 0 Å². The highest BCUT2D eigenvalue weighted by Gasteiger charge is 2.31. The molecule has 0 radical (unpaired) electrons. The number of rotatable bonds is 3. The highest BCUT2D eigenvalue weighted by molar-refractivity contribution is 9.10. The summed E-state index contributed by atoms with van der Waals surface area (Å²) in [5, 5.41) is 0. The molecule has 0 spiro atoms. The second-order valence-corrected chi connectivity index (χ2v) is 7.68. The Morgan fingerprint density at radius 2 is 2.19 bits per heavy atom. The van der Waals surface area contributed by atoms with Gasteiger partial charge in [-0.3, -0.25) is 0 Å². The van der Waals surface area contributed by atoms with Crippen LogP contribution >= 0.6 is 15.9 Å². The van der Waals surface area contributed by atoms with E-state index in [0.717, 1.165) is 0 Å². The normalized spacial score (nSPS) is 21.0. The van der Waals surface area contributed by atoms with E-state index in [1.54, 1.807) is 6.07 Å². The summed E-state index contributed by atoms with van der Waals surface area (Å²) >= 11 is 3.27. The van der Waals surface area contributed by atoms with Gasteiger partial charge in [0, 0.05) is 29.9 Å². The smallest absolute Gasteiger partial charge is 0.246 e. The molecule has 1 heterocycles. The van der Waals surface area contributed by atoms with Crippen molar-refractivity contribution in [3.63, 3.8) is 0 Å². The lowest BCUT2D eigenvalue weighted by Gasteiger charge is -2.23. The van der Waals surface area contributed by atoms with Gasteiger partial charge in [0.25, 0.3) is 0 Å². The van der Waals surface area contributed by atoms with Crippen LogP contribution < -0.4 is 10.5 Å². The van der Waals surface area contributed by atoms with E-state index in [1.165, 1.54) is 17.5 Å². The first-order chi connectivity index (χ1) is 9.86. The van der Waals surface area contributed by atoms with Crippen molar-refractivity contribution in [1.29, 1.82) is 0 Å². The van der Waals surface area contributed by atoms with E-state index in [0.29, 0.717) is 36.3 Å². The van der Waals surface area contributed by atoms with Crippen LogP contribution in [0, 0.1) is 0 Å². The fourth-order valence-corrected chi connectivity index (χ4v) is 4.27. The zero-order valence-corrected chi connectivity index (χ0v) is 14.4. The van der Waals surface area contributed by atoms with Crippen LogP contribution in [0.15, 0.2) is 21.5 Å². The molecule has 8 heteroatoms. The minimum absolute atomic E-state index is 0.0831. The number of nitrogens with zero attached hydrogens (tertiary/aromatic N) is 1. The SMILES string of the molecule is COc1cc(Br)c(N)cc1S(=O)(=O)N1CCCOC(C)C1. The zero-order chi connectivity index (χ0) is 15.6. The molecule has 0 bridgehead atoms. The summed E-state index contributed by atoms with van der Waals surface area (Å²) in [4.78, 5) is 0.0831. The third-order valence-electron chi connectivity index (χ3n) is 3.32. The Kier molecular flexibility index (Phi) is 5.13. The molecule has 118 valence electrons. The van der Waals surface area contributed by atoms with Crippen LogP contribution in [-0.2, 0) is 14.8 Å². The highest BCUT2D eigenvalue weighted by Crippen LogP contribution is 2.34. The monoisotopic (exact) mass is 378 g/mol. The van der Waals surface area contributed by atoms with Gasteiger partial charge in [0.1, 0.15) is 10.6 Å². The Morgan fingerprint density at radius 3 is 2.86 bits per heavy atom. The number of nitrogens with two attached hydrogens (primary N) is 1. The Labute approximate surface area is 133 Å². The minimum atomic E-state index is -3.67. The molecule has 1 unspecified atom stereocenters. The molecule has 2 rings (SSSR count). The molecule has 0 aliphatic carbocycles. The van der Waals surface area contributed by atoms with Crippen LogP contribution in [0.5, 0.6) is 5.75 Å². The Balaban J connectivity index is 2.45. The molecule has 0 amide bonds. The second kappa shape index (κ2) is 6.51. The second-order valence-electron chi connectivity index (χ2n) is 4.92. The molecule has 1 aliphatic rings. The molecule has 1 fully saturated rings. The van der Waals surface area contributed by atoms with E-state index in [9.17, 15) is 8.42 Å². The molecule has 2 N–H and O–H groups in total. The molecule has 1 aromatic rings. The van der Waals surface area contributed by atoms with E-state index in [2.05, 4.69) is 15.9 Å². The summed E-state index contributed by atoms with van der Waals surface area (Å²) in [5.41, 5.74) is 6.17. The Bertz CT molecular complexity index is 621. The predicted octanol–water partition coefficient (Wildman–Crippen LogP) is 1.84. The summed E-state index contributed by atoms with van der Waals surface area (Å²) in [6.45, 7) is 3.17. The number of methoxy groups -OCH3 is 1. The predicted molar refractivity (Wildman–Crippen MR) is 83.9 cm³/mol. The molecule has 0 aromatic heterocycles. The third kappa shape index (κ3) is 3.50. The van der Waals surface area contributed by atoms with Crippen molar-refractivity contribution < 1.29 is 17.9 Å². The van der Waals surface area contributed by atoms with E-state index >= 15 is 0 Å². The van der Waals surface area contributed by atoms with Crippen molar-refractivity contribution >= 4 is 31.6 Å². The van der Waals surface area contributed by atoms with E-state index in [4.69, 9.17) is 15.2 Å². The van der Waals surface area contributed by atoms with Gasteiger partial charge in [0.15, 0.2) is 0 Å². The maximum atomic E-state index is 12.8. The van der Waals surface area contributed by atoms with Crippen LogP contribution in [0.3, 0.4) is 0 Å². The van der Waals surface area contributed by atoms with Gasteiger partial charge in [-0.2, -0.15) is 4.31 Å². The van der Waals surface area contributed by atoms with Gasteiger partial charge in [-0.25, -0.2) is 8.42 Å². The first-order valence-corrected chi connectivity index (χ1v) is 8.84. The standard InChI is InChI=1S/C13H19BrN2O4S/c1-9-8-16(4-3-5-20-9)21(17,18)13-7-11(15)10(14)6-12(13)19-2/h6-7,9H,3-5,8,15H2,1-2H3. The molecule has 6 nitrogen and oxygen atoms in total. The number of sulfonamides is 1. The van der Waals surface area contributed by atoms with Gasteiger partial charge in [-0.15, -0.1) is 0 Å². The van der Waals surface area contributed by atoms with Crippen molar-refractivity contribution in [3.8, 4) is 5.75 Å². The quantitative estimate of drug-likeness (QED) is 0.811. The first-order valence-electron chi connectivity index (χ1n) is 6.61. The summed E-state index contributed by atoms with van der Waals surface area (Å²) in [5.74, 6) is 0.272. The van der Waals surface area contributed by atoms with E-state index in [-0.39, 0.29) is 16.7 Å². The molecular weight excluding hydrogens is 360 g/mol. The fraction of sp³-hybridized carbons (Fsp3) is 0.538. The largest absolute Gasteiger partial charge is 0.495 e. The Morgan fingerprint density at radius 1 is 1.48 bits per heavy atom. The number of nitrogen functional groups attached to an aromatic ring is 1. The summed E-state index contributed by atoms with van der Waals surface area (Å²) < 4.78 is 38.4. The summed E-state index contributed by atoms with van der Waals surface area (Å²) in [6, 6.07) is 2.99. The fourth-order valence-electron chi connectivity index (χ4n) is 2.23. The Hall–Kier alpha value is -0.830. The number of anilines is 1. The van der Waals surface area contributed by atoms with Crippen molar-refractivity contribution in [2.24, 2.45) is 0 Å². The van der Waals surface area contributed by atoms with Gasteiger partial charge in [0.2, 0.25) is 10.0 Å². The minimum Gasteiger partial charge on any atom is -0.495 e. The van der Waals surface area contributed by atoms with Gasteiger partial charge >= 0.3 is 0 Å². The van der Waals surface area contributed by atoms with Crippen LogP contribution in [-0.4, -0.2) is 45.6 Å². The third-order valence-corrected chi connectivity index (χ3v) is 5.89. The van der Waals surface area contributed by atoms with Crippen molar-refractivity contribution in [2.75, 3.05) is 32.5 Å². The maximum absolute atomic E-state index is 12.8. The molecule has 1 saturated heterocycles. The average molecular weight is 379 g/mol. The molecular formula is C13H19BrN2O4S. The van der Waals surface area contributed by atoms with Gasteiger partial charge in [-0.05, 0) is 41.4 Å². The molecule has 1 aliphatic heterocycles. The summed E-state index contributed by atoms with van der Waals surface area (Å²) in [6.07, 6.45) is 0.527. The zero-order valence-electron chi connectivity index (χ0n) is 12.0. The number of halogens is 1. The van der Waals surface area contributed by atoms with Crippen molar-refractivity contribution in [3.05, 3.63) is 16.6 Å². The average Bonchev–Trinajstić information content (AvgIpc) is 2.66. The van der Waals surface area contributed by atoms with Gasteiger partial charge in [0.05, 0.1) is 13.2 Å². The number of hydrogen-bond acceptors (Lipinski definition) is 5. The van der Waals surface area contributed by atoms with E-state index in [1.807, 2.05) is 6.92 Å². The van der Waals surface area contributed by atoms with Crippen LogP contribution in [0.1, 0.15) is 13.3 Å². The molecule has 1 aromatic carbocycles. The number of benzene rings is 1. The van der Waals surface area contributed by atoms with Crippen LogP contribution in [0.25, 0.3) is 0 Å². The van der Waals surface area contributed by atoms with E-state index < -0.39 is 10.0 Å². The lowest BCUT2D eigenvalue weighted by molar-refractivity contribution is 0.0752. The lowest BCUT2D eigenvalue weighted by Crippen LogP contribution is -2.36. The first kappa shape index (κ1) is 16.5. The number of hydrogen-bond donors (Lipinski definition) is 1. The van der Waals surface area contributed by atoms with Crippen molar-refractivity contribution in [1.82, 2.24) is 4.31 Å². The number of ether oxygens (including phenoxy) is 2. The molecule has 21 heavy (non-hydrogen) atoms. The van der Waals surface area contributed by atoms with Gasteiger partial charge < -0.3 is 15.2 Å². The van der Waals surface area contributed by atoms with Crippen LogP contribution in [0.4, 0.5) is 5.69 Å².